The van der Waals surface area contributed by atoms with Crippen LogP contribution in [0.15, 0.2) is 42.7 Å². The molecule has 8 heteroatoms. The van der Waals surface area contributed by atoms with Crippen molar-refractivity contribution in [2.75, 3.05) is 5.32 Å². The number of fused-ring (bicyclic) bond motifs is 2. The highest BCUT2D eigenvalue weighted by Crippen LogP contribution is 2.37. The van der Waals surface area contributed by atoms with Crippen LogP contribution in [0.3, 0.4) is 0 Å². The molecule has 0 bridgehead atoms. The normalized spacial score (nSPS) is 15.5. The number of H-pyrrole nitrogens is 1. The Morgan fingerprint density at radius 1 is 1.30 bits per heavy atom. The average molecular weight is 404 g/mol. The number of aromatic amines is 1. The van der Waals surface area contributed by atoms with Gasteiger partial charge in [0.25, 0.3) is 0 Å². The van der Waals surface area contributed by atoms with Crippen LogP contribution in [0.1, 0.15) is 41.3 Å². The SMILES string of the molecule is Cc1c(C#N)ccc2c1CCC2Nc1ccc2[nH]nc(-c3cnn(C(F)F)c3)c2c1. The smallest absolute Gasteiger partial charge is 0.333 e. The van der Waals surface area contributed by atoms with Crippen LogP contribution in [0.2, 0.25) is 0 Å². The minimum Gasteiger partial charge on any atom is -0.378 e. The molecular formula is C22H18F2N6. The Morgan fingerprint density at radius 2 is 2.17 bits per heavy atom. The molecule has 2 aromatic carbocycles. The van der Waals surface area contributed by atoms with E-state index in [4.69, 9.17) is 0 Å². The molecule has 2 heterocycles. The zero-order valence-corrected chi connectivity index (χ0v) is 16.2. The first-order chi connectivity index (χ1) is 14.5. The van der Waals surface area contributed by atoms with E-state index in [0.29, 0.717) is 15.9 Å². The van der Waals surface area contributed by atoms with E-state index in [1.54, 1.807) is 0 Å². The predicted molar refractivity (Wildman–Crippen MR) is 109 cm³/mol. The van der Waals surface area contributed by atoms with Crippen LogP contribution in [-0.4, -0.2) is 20.0 Å². The maximum atomic E-state index is 12.9. The van der Waals surface area contributed by atoms with Gasteiger partial charge in [0.2, 0.25) is 0 Å². The molecule has 150 valence electrons. The highest BCUT2D eigenvalue weighted by atomic mass is 19.3. The van der Waals surface area contributed by atoms with Crippen molar-refractivity contribution < 1.29 is 8.78 Å². The van der Waals surface area contributed by atoms with Crippen molar-refractivity contribution in [3.63, 3.8) is 0 Å². The van der Waals surface area contributed by atoms with Gasteiger partial charge in [-0.3, -0.25) is 5.10 Å². The number of hydrogen-bond donors (Lipinski definition) is 2. The van der Waals surface area contributed by atoms with Crippen molar-refractivity contribution in [2.24, 2.45) is 0 Å². The summed E-state index contributed by atoms with van der Waals surface area (Å²) in [5.74, 6) is 0. The zero-order chi connectivity index (χ0) is 20.8. The van der Waals surface area contributed by atoms with Gasteiger partial charge in [0.1, 0.15) is 5.69 Å². The fourth-order valence-electron chi connectivity index (χ4n) is 4.24. The molecule has 1 aliphatic rings. The molecule has 30 heavy (non-hydrogen) atoms. The highest BCUT2D eigenvalue weighted by molar-refractivity contribution is 5.94. The molecule has 0 spiro atoms. The summed E-state index contributed by atoms with van der Waals surface area (Å²) in [6.45, 7) is -0.683. The zero-order valence-electron chi connectivity index (χ0n) is 16.2. The molecular weight excluding hydrogens is 386 g/mol. The third-order valence-corrected chi connectivity index (χ3v) is 5.79. The molecule has 0 saturated carbocycles. The summed E-state index contributed by atoms with van der Waals surface area (Å²) in [6, 6.07) is 12.2. The molecule has 4 aromatic rings. The number of alkyl halides is 2. The Balaban J connectivity index is 1.47. The van der Waals surface area contributed by atoms with Gasteiger partial charge in [-0.05, 0) is 60.7 Å². The van der Waals surface area contributed by atoms with Crippen LogP contribution in [0.5, 0.6) is 0 Å². The lowest BCUT2D eigenvalue weighted by atomic mass is 9.98. The van der Waals surface area contributed by atoms with Crippen molar-refractivity contribution in [1.29, 1.82) is 5.26 Å². The first kappa shape index (κ1) is 18.3. The van der Waals surface area contributed by atoms with E-state index >= 15 is 0 Å². The van der Waals surface area contributed by atoms with Gasteiger partial charge in [0.15, 0.2) is 0 Å². The van der Waals surface area contributed by atoms with E-state index in [2.05, 4.69) is 26.7 Å². The van der Waals surface area contributed by atoms with Gasteiger partial charge in [-0.1, -0.05) is 6.07 Å². The van der Waals surface area contributed by atoms with Crippen LogP contribution < -0.4 is 5.32 Å². The Labute approximate surface area is 171 Å². The minimum atomic E-state index is -2.69. The van der Waals surface area contributed by atoms with E-state index in [1.165, 1.54) is 23.5 Å². The molecule has 6 nitrogen and oxygen atoms in total. The fourth-order valence-corrected chi connectivity index (χ4v) is 4.24. The largest absolute Gasteiger partial charge is 0.378 e. The number of rotatable bonds is 4. The lowest BCUT2D eigenvalue weighted by Gasteiger charge is -2.16. The van der Waals surface area contributed by atoms with Gasteiger partial charge in [-0.25, -0.2) is 4.68 Å². The molecule has 5 rings (SSSR count). The van der Waals surface area contributed by atoms with Crippen LogP contribution in [-0.2, 0) is 6.42 Å². The van der Waals surface area contributed by atoms with Crippen LogP contribution >= 0.6 is 0 Å². The summed E-state index contributed by atoms with van der Waals surface area (Å²) < 4.78 is 26.4. The van der Waals surface area contributed by atoms with Crippen molar-refractivity contribution in [2.45, 2.75) is 32.4 Å². The van der Waals surface area contributed by atoms with E-state index in [-0.39, 0.29) is 6.04 Å². The van der Waals surface area contributed by atoms with E-state index in [0.717, 1.165) is 40.6 Å². The second-order valence-electron chi connectivity index (χ2n) is 7.47. The van der Waals surface area contributed by atoms with Crippen LogP contribution in [0.25, 0.3) is 22.2 Å². The van der Waals surface area contributed by atoms with Crippen molar-refractivity contribution >= 4 is 16.6 Å². The lowest BCUT2D eigenvalue weighted by Crippen LogP contribution is -2.07. The number of anilines is 1. The third kappa shape index (κ3) is 2.90. The number of benzene rings is 2. The molecule has 1 unspecified atom stereocenters. The maximum absolute atomic E-state index is 12.9. The standard InChI is InChI=1S/C22H18F2N6/c1-12-13(9-25)2-4-17-16(12)5-7-19(17)27-15-3-6-20-18(8-15)21(29-28-20)14-10-26-30(11-14)22(23)24/h2-4,6,8,10-11,19,22,27H,5,7H2,1H3,(H,28,29). The van der Waals surface area contributed by atoms with Gasteiger partial charge in [-0.15, -0.1) is 0 Å². The Hall–Kier alpha value is -3.73. The number of nitrogens with zero attached hydrogens (tertiary/aromatic N) is 4. The molecule has 1 atom stereocenters. The number of hydrogen-bond acceptors (Lipinski definition) is 4. The monoisotopic (exact) mass is 404 g/mol. The Bertz CT molecular complexity index is 1300. The van der Waals surface area contributed by atoms with Gasteiger partial charge < -0.3 is 5.32 Å². The van der Waals surface area contributed by atoms with Gasteiger partial charge in [0, 0.05) is 22.8 Å². The lowest BCUT2D eigenvalue weighted by molar-refractivity contribution is 0.0566. The number of nitriles is 1. The summed E-state index contributed by atoms with van der Waals surface area (Å²) in [5.41, 5.74) is 7.11. The topological polar surface area (TPSA) is 82.3 Å². The fraction of sp³-hybridized carbons (Fsp3) is 0.227. The van der Waals surface area contributed by atoms with E-state index in [9.17, 15) is 14.0 Å². The van der Waals surface area contributed by atoms with Crippen molar-refractivity contribution in [3.8, 4) is 17.3 Å². The van der Waals surface area contributed by atoms with Crippen LogP contribution in [0, 0.1) is 18.3 Å². The Kier molecular flexibility index (Phi) is 4.24. The van der Waals surface area contributed by atoms with Crippen molar-refractivity contribution in [1.82, 2.24) is 20.0 Å². The molecule has 1 aliphatic carbocycles. The summed E-state index contributed by atoms with van der Waals surface area (Å²) in [7, 11) is 0. The second kappa shape index (κ2) is 6.95. The first-order valence-corrected chi connectivity index (χ1v) is 9.65. The van der Waals surface area contributed by atoms with Gasteiger partial charge in [0.05, 0.1) is 29.4 Å². The molecule has 0 fully saturated rings. The maximum Gasteiger partial charge on any atom is 0.333 e. The number of aromatic nitrogens is 4. The summed E-state index contributed by atoms with van der Waals surface area (Å²) in [5, 5.41) is 24.6. The van der Waals surface area contributed by atoms with Crippen molar-refractivity contribution in [3.05, 3.63) is 65.0 Å². The molecule has 2 N–H and O–H groups in total. The van der Waals surface area contributed by atoms with Gasteiger partial charge in [-0.2, -0.15) is 24.2 Å². The van der Waals surface area contributed by atoms with E-state index < -0.39 is 6.55 Å². The van der Waals surface area contributed by atoms with Gasteiger partial charge >= 0.3 is 6.55 Å². The quantitative estimate of drug-likeness (QED) is 0.496. The summed E-state index contributed by atoms with van der Waals surface area (Å²) in [4.78, 5) is 0. The van der Waals surface area contributed by atoms with Crippen LogP contribution in [0.4, 0.5) is 14.5 Å². The molecule has 0 amide bonds. The third-order valence-electron chi connectivity index (χ3n) is 5.79. The molecule has 0 radical (unpaired) electrons. The molecule has 0 aliphatic heterocycles. The number of nitrogens with one attached hydrogen (secondary N) is 2. The second-order valence-corrected chi connectivity index (χ2v) is 7.47. The summed E-state index contributed by atoms with van der Waals surface area (Å²) in [6.07, 6.45) is 4.57. The molecule has 0 saturated heterocycles. The summed E-state index contributed by atoms with van der Waals surface area (Å²) >= 11 is 0. The Morgan fingerprint density at radius 3 is 2.93 bits per heavy atom. The average Bonchev–Trinajstić information content (AvgIpc) is 3.46. The molecule has 2 aromatic heterocycles. The first-order valence-electron chi connectivity index (χ1n) is 9.65. The minimum absolute atomic E-state index is 0.154. The highest BCUT2D eigenvalue weighted by Gasteiger charge is 2.25. The number of halogens is 2. The predicted octanol–water partition coefficient (Wildman–Crippen LogP) is 5.10. The van der Waals surface area contributed by atoms with E-state index in [1.807, 2.05) is 37.3 Å².